The summed E-state index contributed by atoms with van der Waals surface area (Å²) in [4.78, 5) is 28.4. The van der Waals surface area contributed by atoms with Crippen molar-refractivity contribution in [2.75, 3.05) is 13.2 Å². The van der Waals surface area contributed by atoms with E-state index >= 15 is 0 Å². The van der Waals surface area contributed by atoms with Crippen molar-refractivity contribution < 1.29 is 19.1 Å². The van der Waals surface area contributed by atoms with Crippen LogP contribution in [0.2, 0.25) is 0 Å². The molecule has 2 fully saturated rings. The Hall–Kier alpha value is -1.66. The van der Waals surface area contributed by atoms with Gasteiger partial charge in [-0.3, -0.25) is 9.59 Å². The van der Waals surface area contributed by atoms with Crippen molar-refractivity contribution in [3.63, 3.8) is 0 Å². The van der Waals surface area contributed by atoms with Gasteiger partial charge in [0.2, 0.25) is 5.91 Å². The first kappa shape index (κ1) is 15.8. The number of rotatable bonds is 6. The van der Waals surface area contributed by atoms with Gasteiger partial charge >= 0.3 is 5.97 Å². The summed E-state index contributed by atoms with van der Waals surface area (Å²) in [6.45, 7) is 3.55. The van der Waals surface area contributed by atoms with E-state index in [9.17, 15) is 9.59 Å². The third-order valence-electron chi connectivity index (χ3n) is 5.12. The molecule has 2 bridgehead atoms. The van der Waals surface area contributed by atoms with Gasteiger partial charge in [0.1, 0.15) is 11.5 Å². The van der Waals surface area contributed by atoms with Crippen molar-refractivity contribution in [3.05, 3.63) is 34.5 Å². The minimum atomic E-state index is -0.645. The van der Waals surface area contributed by atoms with Crippen molar-refractivity contribution in [1.82, 2.24) is 4.90 Å². The van der Waals surface area contributed by atoms with Crippen LogP contribution in [0.1, 0.15) is 24.6 Å². The molecule has 1 aromatic rings. The molecule has 128 valence electrons. The van der Waals surface area contributed by atoms with E-state index in [4.69, 9.17) is 9.47 Å². The summed E-state index contributed by atoms with van der Waals surface area (Å²) in [6.07, 6.45) is 5.39. The maximum absolute atomic E-state index is 13.0. The van der Waals surface area contributed by atoms with Crippen LogP contribution in [0.25, 0.3) is 0 Å². The average molecular weight is 347 g/mol. The first-order chi connectivity index (χ1) is 11.6. The number of hydrogen-bond donors (Lipinski definition) is 0. The minimum absolute atomic E-state index is 0.00712. The Balaban J connectivity index is 1.52. The lowest BCUT2D eigenvalue weighted by Gasteiger charge is -2.22. The number of nitrogens with zero attached hydrogens (tertiary/aromatic N) is 1. The lowest BCUT2D eigenvalue weighted by atomic mass is 9.77. The van der Waals surface area contributed by atoms with Crippen LogP contribution in [0.15, 0.2) is 29.7 Å². The van der Waals surface area contributed by atoms with E-state index in [2.05, 4.69) is 6.92 Å². The van der Waals surface area contributed by atoms with E-state index in [0.717, 1.165) is 17.7 Å². The Labute approximate surface area is 145 Å². The fourth-order valence-corrected chi connectivity index (χ4v) is 4.70. The molecule has 0 aromatic carbocycles. The van der Waals surface area contributed by atoms with E-state index in [0.29, 0.717) is 19.7 Å². The smallest absolute Gasteiger partial charge is 0.312 e. The van der Waals surface area contributed by atoms with Crippen LogP contribution < -0.4 is 0 Å². The summed E-state index contributed by atoms with van der Waals surface area (Å²) >= 11 is 1.63. The van der Waals surface area contributed by atoms with Gasteiger partial charge in [0.05, 0.1) is 31.7 Å². The van der Waals surface area contributed by atoms with Gasteiger partial charge < -0.3 is 14.4 Å². The molecule has 0 radical (unpaired) electrons. The molecule has 0 aliphatic carbocycles. The summed E-state index contributed by atoms with van der Waals surface area (Å²) in [5.41, 5.74) is -0.645. The predicted molar refractivity (Wildman–Crippen MR) is 89.3 cm³/mol. The van der Waals surface area contributed by atoms with Gasteiger partial charge in [-0.15, -0.1) is 11.3 Å². The Morgan fingerprint density at radius 2 is 2.42 bits per heavy atom. The Morgan fingerprint density at radius 1 is 1.54 bits per heavy atom. The zero-order valence-corrected chi connectivity index (χ0v) is 14.5. The highest BCUT2D eigenvalue weighted by atomic mass is 32.1. The Morgan fingerprint density at radius 3 is 3.17 bits per heavy atom. The number of carbonyl (C=O) groups excluding carboxylic acids is 2. The first-order valence-electron chi connectivity index (χ1n) is 8.49. The number of amides is 1. The molecule has 2 saturated heterocycles. The van der Waals surface area contributed by atoms with Crippen LogP contribution in [-0.2, 0) is 25.6 Å². The second-order valence-corrected chi connectivity index (χ2v) is 7.73. The number of unbranched alkanes of at least 4 members (excludes halogenated alkanes) is 1. The second-order valence-electron chi connectivity index (χ2n) is 6.69. The number of ether oxygens (including phenoxy) is 2. The highest BCUT2D eigenvalue weighted by molar-refractivity contribution is 7.09. The maximum atomic E-state index is 13.0. The fraction of sp³-hybridized carbons (Fsp3) is 0.556. The lowest BCUT2D eigenvalue weighted by Crippen LogP contribution is -2.40. The number of esters is 1. The summed E-state index contributed by atoms with van der Waals surface area (Å²) in [6, 6.07) is 4.00. The molecule has 3 aliphatic rings. The quantitative estimate of drug-likeness (QED) is 0.450. The molecular formula is C18H21NO4S. The highest BCUT2D eigenvalue weighted by Gasteiger charge is 2.67. The molecular weight excluding hydrogens is 326 g/mol. The molecule has 6 heteroatoms. The van der Waals surface area contributed by atoms with Crippen molar-refractivity contribution >= 4 is 23.2 Å². The van der Waals surface area contributed by atoms with Crippen molar-refractivity contribution in [3.8, 4) is 0 Å². The summed E-state index contributed by atoms with van der Waals surface area (Å²) < 4.78 is 11.5. The molecule has 4 heterocycles. The summed E-state index contributed by atoms with van der Waals surface area (Å²) in [5, 5.41) is 2.00. The maximum Gasteiger partial charge on any atom is 0.312 e. The van der Waals surface area contributed by atoms with E-state index in [-0.39, 0.29) is 18.0 Å². The zero-order valence-electron chi connectivity index (χ0n) is 13.6. The molecule has 1 amide bonds. The molecule has 1 spiro atoms. The van der Waals surface area contributed by atoms with Gasteiger partial charge in [0, 0.05) is 4.88 Å². The minimum Gasteiger partial charge on any atom is -0.465 e. The molecule has 4 atom stereocenters. The van der Waals surface area contributed by atoms with Crippen LogP contribution in [-0.4, -0.2) is 41.6 Å². The normalized spacial score (nSPS) is 33.3. The summed E-state index contributed by atoms with van der Waals surface area (Å²) in [7, 11) is 0. The molecule has 5 nitrogen and oxygen atoms in total. The third kappa shape index (κ3) is 2.40. The Bertz CT molecular complexity index is 671. The van der Waals surface area contributed by atoms with E-state index in [1.54, 1.807) is 11.3 Å². The molecule has 24 heavy (non-hydrogen) atoms. The molecule has 2 unspecified atom stereocenters. The fourth-order valence-electron chi connectivity index (χ4n) is 3.99. The van der Waals surface area contributed by atoms with Crippen LogP contribution in [0, 0.1) is 11.8 Å². The first-order valence-corrected chi connectivity index (χ1v) is 9.37. The number of thiophene rings is 1. The number of hydrogen-bond acceptors (Lipinski definition) is 5. The van der Waals surface area contributed by atoms with Crippen LogP contribution >= 0.6 is 11.3 Å². The molecule has 4 rings (SSSR count). The topological polar surface area (TPSA) is 55.8 Å². The van der Waals surface area contributed by atoms with Gasteiger partial charge in [0.25, 0.3) is 0 Å². The van der Waals surface area contributed by atoms with Crippen molar-refractivity contribution in [1.29, 1.82) is 0 Å². The number of carbonyl (C=O) groups is 2. The second kappa shape index (κ2) is 6.01. The third-order valence-corrected chi connectivity index (χ3v) is 5.98. The standard InChI is InChI=1S/C18H21NO4S/c1-2-3-8-22-17(21)14-13-6-7-18(23-13)11-19(16(20)15(14)18)10-12-5-4-9-24-12/h4-7,9,13-15H,2-3,8,10-11H2,1H3/t13-,14?,15-,18?/m0/s1. The number of likely N-dealkylation sites (tertiary alicyclic amines) is 1. The van der Waals surface area contributed by atoms with Crippen molar-refractivity contribution in [2.24, 2.45) is 11.8 Å². The van der Waals surface area contributed by atoms with E-state index < -0.39 is 17.4 Å². The number of fused-ring (bicyclic) bond motifs is 1. The molecule has 1 aromatic heterocycles. The SMILES string of the molecule is CCCCOC(=O)C1[C@@H]2C=CC3(CN(Cc4cccs4)C(=O)[C@H]13)O2. The predicted octanol–water partition coefficient (Wildman–Crippen LogP) is 2.37. The molecule has 0 saturated carbocycles. The largest absolute Gasteiger partial charge is 0.465 e. The van der Waals surface area contributed by atoms with Gasteiger partial charge in [0.15, 0.2) is 0 Å². The zero-order chi connectivity index (χ0) is 16.7. The van der Waals surface area contributed by atoms with Gasteiger partial charge in [-0.1, -0.05) is 31.6 Å². The van der Waals surface area contributed by atoms with Gasteiger partial charge in [-0.05, 0) is 17.9 Å². The molecule has 0 N–H and O–H groups in total. The molecule has 3 aliphatic heterocycles. The van der Waals surface area contributed by atoms with Crippen LogP contribution in [0.5, 0.6) is 0 Å². The van der Waals surface area contributed by atoms with Crippen LogP contribution in [0.4, 0.5) is 0 Å². The van der Waals surface area contributed by atoms with Crippen molar-refractivity contribution in [2.45, 2.75) is 38.0 Å². The average Bonchev–Trinajstić information content (AvgIpc) is 3.31. The van der Waals surface area contributed by atoms with E-state index in [1.807, 2.05) is 34.6 Å². The van der Waals surface area contributed by atoms with Gasteiger partial charge in [-0.25, -0.2) is 0 Å². The summed E-state index contributed by atoms with van der Waals surface area (Å²) in [5.74, 6) is -1.24. The highest BCUT2D eigenvalue weighted by Crippen LogP contribution is 2.52. The lowest BCUT2D eigenvalue weighted by molar-refractivity contribution is -0.154. The monoisotopic (exact) mass is 347 g/mol. The van der Waals surface area contributed by atoms with E-state index in [1.165, 1.54) is 0 Å². The van der Waals surface area contributed by atoms with Gasteiger partial charge in [-0.2, -0.15) is 0 Å². The Kier molecular flexibility index (Phi) is 3.96. The van der Waals surface area contributed by atoms with Crippen LogP contribution in [0.3, 0.4) is 0 Å².